The van der Waals surface area contributed by atoms with E-state index in [0.29, 0.717) is 5.56 Å². The molecule has 2 N–H and O–H groups in total. The van der Waals surface area contributed by atoms with Crippen LogP contribution in [0.3, 0.4) is 0 Å². The van der Waals surface area contributed by atoms with Gasteiger partial charge >= 0.3 is 0 Å². The summed E-state index contributed by atoms with van der Waals surface area (Å²) in [7, 11) is -3.84. The molecule has 0 bridgehead atoms. The SMILES string of the molecule is O=S(=O)(Nc1nccnn1)c1ccc(CO)c(Cl)c1. The Morgan fingerprint density at radius 3 is 2.68 bits per heavy atom. The van der Waals surface area contributed by atoms with Crippen LogP contribution in [0, 0.1) is 0 Å². The second-order valence-electron chi connectivity index (χ2n) is 3.48. The van der Waals surface area contributed by atoms with Crippen LogP contribution in [0.25, 0.3) is 0 Å². The average Bonchev–Trinajstić information content (AvgIpc) is 2.39. The van der Waals surface area contributed by atoms with E-state index in [1.165, 1.54) is 30.6 Å². The van der Waals surface area contributed by atoms with Crippen LogP contribution in [-0.4, -0.2) is 28.7 Å². The van der Waals surface area contributed by atoms with Gasteiger partial charge < -0.3 is 5.11 Å². The van der Waals surface area contributed by atoms with Crippen molar-refractivity contribution in [3.63, 3.8) is 0 Å². The number of aliphatic hydroxyl groups is 1. The lowest BCUT2D eigenvalue weighted by atomic mass is 10.2. The highest BCUT2D eigenvalue weighted by Crippen LogP contribution is 2.21. The van der Waals surface area contributed by atoms with Crippen molar-refractivity contribution in [1.29, 1.82) is 0 Å². The molecule has 19 heavy (non-hydrogen) atoms. The van der Waals surface area contributed by atoms with Crippen LogP contribution < -0.4 is 4.72 Å². The largest absolute Gasteiger partial charge is 0.392 e. The van der Waals surface area contributed by atoms with Crippen molar-refractivity contribution in [1.82, 2.24) is 15.2 Å². The topological polar surface area (TPSA) is 105 Å². The van der Waals surface area contributed by atoms with Gasteiger partial charge in [-0.05, 0) is 17.7 Å². The molecule has 2 aromatic rings. The Labute approximate surface area is 114 Å². The highest BCUT2D eigenvalue weighted by atomic mass is 35.5. The summed E-state index contributed by atoms with van der Waals surface area (Å²) in [4.78, 5) is 3.66. The van der Waals surface area contributed by atoms with Crippen molar-refractivity contribution < 1.29 is 13.5 Å². The van der Waals surface area contributed by atoms with Crippen molar-refractivity contribution in [2.24, 2.45) is 0 Å². The number of nitrogens with zero attached hydrogens (tertiary/aromatic N) is 3. The molecule has 2 rings (SSSR count). The second kappa shape index (κ2) is 5.47. The van der Waals surface area contributed by atoms with Crippen molar-refractivity contribution in [3.05, 3.63) is 41.2 Å². The summed E-state index contributed by atoms with van der Waals surface area (Å²) in [6.07, 6.45) is 2.64. The summed E-state index contributed by atoms with van der Waals surface area (Å²) in [6, 6.07) is 4.00. The highest BCUT2D eigenvalue weighted by Gasteiger charge is 2.17. The van der Waals surface area contributed by atoms with Gasteiger partial charge in [0.05, 0.1) is 23.9 Å². The minimum atomic E-state index is -3.84. The maximum absolute atomic E-state index is 12.0. The number of aliphatic hydroxyl groups excluding tert-OH is 1. The first-order valence-electron chi connectivity index (χ1n) is 5.09. The number of rotatable bonds is 4. The minimum Gasteiger partial charge on any atom is -0.392 e. The fourth-order valence-electron chi connectivity index (χ4n) is 1.30. The lowest BCUT2D eigenvalue weighted by Crippen LogP contribution is -2.15. The minimum absolute atomic E-state index is 0.0536. The Hall–Kier alpha value is -1.77. The predicted octanol–water partition coefficient (Wildman–Crippen LogP) is 0.818. The maximum atomic E-state index is 12.0. The van der Waals surface area contributed by atoms with Gasteiger partial charge in [0.15, 0.2) is 0 Å². The molecule has 0 saturated carbocycles. The van der Waals surface area contributed by atoms with Crippen molar-refractivity contribution in [2.45, 2.75) is 11.5 Å². The summed E-state index contributed by atoms with van der Waals surface area (Å²) < 4.78 is 26.2. The number of hydrogen-bond donors (Lipinski definition) is 2. The summed E-state index contributed by atoms with van der Waals surface area (Å²) in [5, 5.41) is 16.2. The van der Waals surface area contributed by atoms with Crippen LogP contribution >= 0.6 is 11.6 Å². The van der Waals surface area contributed by atoms with Gasteiger partial charge in [-0.15, -0.1) is 5.10 Å². The molecule has 0 unspecified atom stereocenters. The fourth-order valence-corrected chi connectivity index (χ4v) is 2.57. The molecule has 0 aliphatic carbocycles. The number of anilines is 1. The molecule has 0 radical (unpaired) electrons. The molecule has 1 heterocycles. The fraction of sp³-hybridized carbons (Fsp3) is 0.100. The zero-order valence-electron chi connectivity index (χ0n) is 9.49. The van der Waals surface area contributed by atoms with Crippen molar-refractivity contribution in [3.8, 4) is 0 Å². The lowest BCUT2D eigenvalue weighted by molar-refractivity contribution is 0.282. The molecule has 9 heteroatoms. The molecule has 7 nitrogen and oxygen atoms in total. The Balaban J connectivity index is 2.32. The molecule has 0 aliphatic heterocycles. The second-order valence-corrected chi connectivity index (χ2v) is 5.57. The average molecular weight is 301 g/mol. The molecule has 0 aliphatic rings. The Morgan fingerprint density at radius 1 is 1.32 bits per heavy atom. The third kappa shape index (κ3) is 3.16. The van der Waals surface area contributed by atoms with Crippen LogP contribution in [0.2, 0.25) is 5.02 Å². The molecule has 0 atom stereocenters. The lowest BCUT2D eigenvalue weighted by Gasteiger charge is -2.07. The number of sulfonamides is 1. The first-order chi connectivity index (χ1) is 9.03. The monoisotopic (exact) mass is 300 g/mol. The van der Waals surface area contributed by atoms with E-state index < -0.39 is 10.0 Å². The summed E-state index contributed by atoms with van der Waals surface area (Å²) in [5.41, 5.74) is 0.443. The van der Waals surface area contributed by atoms with Gasteiger partial charge in [-0.25, -0.2) is 18.1 Å². The molecule has 0 fully saturated rings. The molecule has 0 amide bonds. The molecule has 100 valence electrons. The van der Waals surface area contributed by atoms with Crippen LogP contribution in [0.4, 0.5) is 5.95 Å². The van der Waals surface area contributed by atoms with E-state index in [9.17, 15) is 8.42 Å². The van der Waals surface area contributed by atoms with Crippen LogP contribution in [0.1, 0.15) is 5.56 Å². The van der Waals surface area contributed by atoms with Crippen molar-refractivity contribution >= 4 is 27.6 Å². The molecule has 1 aromatic heterocycles. The zero-order valence-corrected chi connectivity index (χ0v) is 11.1. The van der Waals surface area contributed by atoms with E-state index in [1.807, 2.05) is 0 Å². The van der Waals surface area contributed by atoms with E-state index in [4.69, 9.17) is 16.7 Å². The Bertz CT molecular complexity index is 678. The van der Waals surface area contributed by atoms with Crippen LogP contribution in [0.5, 0.6) is 0 Å². The van der Waals surface area contributed by atoms with E-state index in [2.05, 4.69) is 19.9 Å². The van der Waals surface area contributed by atoms with Crippen LogP contribution in [0.15, 0.2) is 35.5 Å². The van der Waals surface area contributed by atoms with Gasteiger partial charge in [-0.2, -0.15) is 5.10 Å². The molecule has 0 spiro atoms. The van der Waals surface area contributed by atoms with E-state index in [1.54, 1.807) is 0 Å². The molecular formula is C10H9ClN4O3S. The third-order valence-electron chi connectivity index (χ3n) is 2.21. The third-order valence-corrected chi connectivity index (χ3v) is 3.89. The summed E-state index contributed by atoms with van der Waals surface area (Å²) in [5.74, 6) is -0.134. The van der Waals surface area contributed by atoms with Gasteiger partial charge in [0.2, 0.25) is 0 Å². The maximum Gasteiger partial charge on any atom is 0.264 e. The molecular weight excluding hydrogens is 292 g/mol. The molecule has 0 saturated heterocycles. The number of hydrogen-bond acceptors (Lipinski definition) is 6. The van der Waals surface area contributed by atoms with Gasteiger partial charge in [0.1, 0.15) is 0 Å². The number of benzene rings is 1. The predicted molar refractivity (Wildman–Crippen MR) is 68.0 cm³/mol. The number of nitrogens with one attached hydrogen (secondary N) is 1. The normalized spacial score (nSPS) is 11.3. The van der Waals surface area contributed by atoms with Crippen LogP contribution in [-0.2, 0) is 16.6 Å². The summed E-state index contributed by atoms with van der Waals surface area (Å²) >= 11 is 5.84. The quantitative estimate of drug-likeness (QED) is 0.866. The first kappa shape index (κ1) is 13.7. The van der Waals surface area contributed by atoms with Gasteiger partial charge in [-0.3, -0.25) is 0 Å². The molecule has 1 aromatic carbocycles. The Kier molecular flexibility index (Phi) is 3.93. The standard InChI is InChI=1S/C10H9ClN4O3S/c11-9-5-8(2-1-7(9)6-16)19(17,18)15-10-12-3-4-13-14-10/h1-5,16H,6H2,(H,12,14,15). The van der Waals surface area contributed by atoms with Crippen molar-refractivity contribution in [2.75, 3.05) is 4.72 Å². The van der Waals surface area contributed by atoms with Gasteiger partial charge in [-0.1, -0.05) is 17.7 Å². The highest BCUT2D eigenvalue weighted by molar-refractivity contribution is 7.92. The smallest absolute Gasteiger partial charge is 0.264 e. The zero-order chi connectivity index (χ0) is 13.9. The van der Waals surface area contributed by atoms with Gasteiger partial charge in [0.25, 0.3) is 16.0 Å². The van der Waals surface area contributed by atoms with E-state index in [0.717, 1.165) is 0 Å². The first-order valence-corrected chi connectivity index (χ1v) is 6.95. The number of halogens is 1. The van der Waals surface area contributed by atoms with E-state index >= 15 is 0 Å². The summed E-state index contributed by atoms with van der Waals surface area (Å²) in [6.45, 7) is -0.266. The number of aromatic nitrogens is 3. The van der Waals surface area contributed by atoms with E-state index in [-0.39, 0.29) is 22.5 Å². The van der Waals surface area contributed by atoms with Gasteiger partial charge in [0, 0.05) is 5.02 Å². The Morgan fingerprint density at radius 2 is 2.11 bits per heavy atom.